The molecule has 1 spiro atoms. The van der Waals surface area contributed by atoms with E-state index in [0.29, 0.717) is 11.3 Å². The number of hydrogen-bond acceptors (Lipinski definition) is 3. The summed E-state index contributed by atoms with van der Waals surface area (Å²) in [6.07, 6.45) is 5.09. The van der Waals surface area contributed by atoms with E-state index in [4.69, 9.17) is 5.73 Å². The Morgan fingerprint density at radius 2 is 1.82 bits per heavy atom. The van der Waals surface area contributed by atoms with Gasteiger partial charge in [0, 0.05) is 6.54 Å². The molecule has 0 unspecified atom stereocenters. The molecule has 2 rings (SSSR count). The third-order valence-electron chi connectivity index (χ3n) is 4.47. The van der Waals surface area contributed by atoms with Crippen LogP contribution in [0.15, 0.2) is 4.99 Å². The summed E-state index contributed by atoms with van der Waals surface area (Å²) < 4.78 is 0. The van der Waals surface area contributed by atoms with Crippen molar-refractivity contribution in [3.05, 3.63) is 0 Å². The highest BCUT2D eigenvalue weighted by atomic mass is 15.4. The van der Waals surface area contributed by atoms with Crippen molar-refractivity contribution in [3.8, 4) is 0 Å². The van der Waals surface area contributed by atoms with Gasteiger partial charge in [-0.25, -0.2) is 0 Å². The highest BCUT2D eigenvalue weighted by Crippen LogP contribution is 2.44. The van der Waals surface area contributed by atoms with Crippen LogP contribution < -0.4 is 5.73 Å². The van der Waals surface area contributed by atoms with Gasteiger partial charge in [0.25, 0.3) is 0 Å². The highest BCUT2D eigenvalue weighted by Gasteiger charge is 2.46. The van der Waals surface area contributed by atoms with Gasteiger partial charge in [-0.05, 0) is 37.0 Å². The van der Waals surface area contributed by atoms with Crippen LogP contribution >= 0.6 is 0 Å². The maximum absolute atomic E-state index is 6.08. The van der Waals surface area contributed by atoms with Crippen molar-refractivity contribution in [2.24, 2.45) is 22.1 Å². The Morgan fingerprint density at radius 3 is 2.35 bits per heavy atom. The average molecular weight is 237 g/mol. The molecule has 0 amide bonds. The topological polar surface area (TPSA) is 41.6 Å². The van der Waals surface area contributed by atoms with Crippen molar-refractivity contribution in [3.63, 3.8) is 0 Å². The van der Waals surface area contributed by atoms with Crippen LogP contribution in [0.1, 0.15) is 53.4 Å². The maximum atomic E-state index is 6.08. The summed E-state index contributed by atoms with van der Waals surface area (Å²) >= 11 is 0. The molecule has 0 radical (unpaired) electrons. The van der Waals surface area contributed by atoms with Gasteiger partial charge in [-0.2, -0.15) is 0 Å². The Morgan fingerprint density at radius 1 is 1.24 bits per heavy atom. The minimum atomic E-state index is 0.254. The molecular weight excluding hydrogens is 210 g/mol. The fraction of sp³-hybridized carbons (Fsp3) is 0.929. The van der Waals surface area contributed by atoms with E-state index in [9.17, 15) is 0 Å². The molecule has 1 fully saturated rings. The van der Waals surface area contributed by atoms with Crippen LogP contribution in [0, 0.1) is 11.3 Å². The normalized spacial score (nSPS) is 26.6. The smallest absolute Gasteiger partial charge is 0.191 e. The van der Waals surface area contributed by atoms with Crippen molar-refractivity contribution < 1.29 is 0 Å². The quantitative estimate of drug-likeness (QED) is 0.802. The molecule has 1 aliphatic carbocycles. The standard InChI is InChI=1S/C14H27N3/c1-11(2)9-17-12(15)16-10-14(17)7-5-13(3,4)6-8-14/h11H,5-10H2,1-4H3,(H2,15,16). The Labute approximate surface area is 105 Å². The van der Waals surface area contributed by atoms with Gasteiger partial charge in [-0.3, -0.25) is 4.99 Å². The molecule has 0 atom stereocenters. The molecule has 1 saturated carbocycles. The molecule has 0 bridgehead atoms. The highest BCUT2D eigenvalue weighted by molar-refractivity contribution is 5.81. The van der Waals surface area contributed by atoms with Gasteiger partial charge in [-0.1, -0.05) is 27.7 Å². The van der Waals surface area contributed by atoms with Crippen molar-refractivity contribution >= 4 is 5.96 Å². The number of hydrogen-bond donors (Lipinski definition) is 1. The summed E-state index contributed by atoms with van der Waals surface area (Å²) in [7, 11) is 0. The molecule has 1 heterocycles. The molecular formula is C14H27N3. The maximum Gasteiger partial charge on any atom is 0.191 e. The predicted molar refractivity (Wildman–Crippen MR) is 73.0 cm³/mol. The lowest BCUT2D eigenvalue weighted by atomic mass is 9.69. The van der Waals surface area contributed by atoms with Crippen LogP contribution in [0.2, 0.25) is 0 Å². The van der Waals surface area contributed by atoms with E-state index in [0.717, 1.165) is 19.0 Å². The van der Waals surface area contributed by atoms with Gasteiger partial charge in [0.05, 0.1) is 12.1 Å². The zero-order chi connectivity index (χ0) is 12.7. The summed E-state index contributed by atoms with van der Waals surface area (Å²) in [5, 5.41) is 0. The van der Waals surface area contributed by atoms with E-state index in [1.807, 2.05) is 0 Å². The molecule has 0 aromatic carbocycles. The second-order valence-electron chi connectivity index (χ2n) is 7.07. The Bertz CT molecular complexity index is 307. The minimum absolute atomic E-state index is 0.254. The van der Waals surface area contributed by atoms with Crippen molar-refractivity contribution in [1.29, 1.82) is 0 Å². The number of guanidine groups is 1. The first kappa shape index (κ1) is 12.7. The molecule has 98 valence electrons. The van der Waals surface area contributed by atoms with Gasteiger partial charge in [0.2, 0.25) is 0 Å². The van der Waals surface area contributed by atoms with Crippen molar-refractivity contribution in [2.75, 3.05) is 13.1 Å². The predicted octanol–water partition coefficient (Wildman–Crippen LogP) is 2.61. The van der Waals surface area contributed by atoms with E-state index < -0.39 is 0 Å². The number of aliphatic imine (C=N–C) groups is 1. The summed E-state index contributed by atoms with van der Waals surface area (Å²) in [5.41, 5.74) is 6.84. The molecule has 0 saturated heterocycles. The molecule has 3 heteroatoms. The summed E-state index contributed by atoms with van der Waals surface area (Å²) in [6, 6.07) is 0. The minimum Gasteiger partial charge on any atom is -0.370 e. The van der Waals surface area contributed by atoms with Crippen LogP contribution in [0.4, 0.5) is 0 Å². The van der Waals surface area contributed by atoms with Gasteiger partial charge >= 0.3 is 0 Å². The lowest BCUT2D eigenvalue weighted by Crippen LogP contribution is -2.55. The summed E-state index contributed by atoms with van der Waals surface area (Å²) in [6.45, 7) is 11.2. The van der Waals surface area contributed by atoms with Crippen LogP contribution in [0.3, 0.4) is 0 Å². The van der Waals surface area contributed by atoms with E-state index in [1.165, 1.54) is 25.7 Å². The lowest BCUT2D eigenvalue weighted by Gasteiger charge is -2.47. The van der Waals surface area contributed by atoms with Gasteiger partial charge in [0.15, 0.2) is 5.96 Å². The second-order valence-corrected chi connectivity index (χ2v) is 7.07. The lowest BCUT2D eigenvalue weighted by molar-refractivity contribution is 0.0766. The van der Waals surface area contributed by atoms with Crippen LogP contribution in [0.5, 0.6) is 0 Å². The zero-order valence-electron chi connectivity index (χ0n) is 11.8. The van der Waals surface area contributed by atoms with Crippen molar-refractivity contribution in [2.45, 2.75) is 58.9 Å². The van der Waals surface area contributed by atoms with Crippen LogP contribution in [-0.2, 0) is 0 Å². The molecule has 0 aromatic heterocycles. The first-order valence-corrected chi connectivity index (χ1v) is 6.92. The van der Waals surface area contributed by atoms with Gasteiger partial charge in [-0.15, -0.1) is 0 Å². The molecule has 1 aliphatic heterocycles. The van der Waals surface area contributed by atoms with E-state index in [2.05, 4.69) is 37.6 Å². The molecule has 0 aromatic rings. The third-order valence-corrected chi connectivity index (χ3v) is 4.47. The first-order chi connectivity index (χ1) is 7.85. The second kappa shape index (κ2) is 4.18. The SMILES string of the molecule is CC(C)CN1C(N)=NCC12CCC(C)(C)CC2. The van der Waals surface area contributed by atoms with E-state index in [1.54, 1.807) is 0 Å². The average Bonchev–Trinajstić information content (AvgIpc) is 2.52. The molecule has 3 nitrogen and oxygen atoms in total. The molecule has 2 aliphatic rings. The largest absolute Gasteiger partial charge is 0.370 e. The number of rotatable bonds is 2. The first-order valence-electron chi connectivity index (χ1n) is 6.92. The monoisotopic (exact) mass is 237 g/mol. The molecule has 2 N–H and O–H groups in total. The van der Waals surface area contributed by atoms with Crippen molar-refractivity contribution in [1.82, 2.24) is 4.90 Å². The van der Waals surface area contributed by atoms with E-state index in [-0.39, 0.29) is 5.54 Å². The summed E-state index contributed by atoms with van der Waals surface area (Å²) in [5.74, 6) is 1.42. The summed E-state index contributed by atoms with van der Waals surface area (Å²) in [4.78, 5) is 6.91. The zero-order valence-corrected chi connectivity index (χ0v) is 11.8. The Balaban J connectivity index is 2.10. The Hall–Kier alpha value is -0.730. The van der Waals surface area contributed by atoms with Gasteiger partial charge in [0.1, 0.15) is 0 Å². The molecule has 17 heavy (non-hydrogen) atoms. The fourth-order valence-electron chi connectivity index (χ4n) is 3.11. The third kappa shape index (κ3) is 2.43. The fourth-order valence-corrected chi connectivity index (χ4v) is 3.11. The Kier molecular flexibility index (Phi) is 3.13. The van der Waals surface area contributed by atoms with Crippen LogP contribution in [0.25, 0.3) is 0 Å². The van der Waals surface area contributed by atoms with Crippen LogP contribution in [-0.4, -0.2) is 29.5 Å². The number of nitrogens with zero attached hydrogens (tertiary/aromatic N) is 2. The van der Waals surface area contributed by atoms with Gasteiger partial charge < -0.3 is 10.6 Å². The van der Waals surface area contributed by atoms with E-state index >= 15 is 0 Å². The number of nitrogens with two attached hydrogens (primary N) is 1.